The van der Waals surface area contributed by atoms with Gasteiger partial charge in [0.05, 0.1) is 0 Å². The summed E-state index contributed by atoms with van der Waals surface area (Å²) in [6, 6.07) is 20.2. The summed E-state index contributed by atoms with van der Waals surface area (Å²) in [7, 11) is 0. The number of likely N-dealkylation sites (tertiary alicyclic amines) is 1. The van der Waals surface area contributed by atoms with Crippen molar-refractivity contribution in [2.24, 2.45) is 5.92 Å². The zero-order valence-corrected chi connectivity index (χ0v) is 17.8. The van der Waals surface area contributed by atoms with E-state index in [0.29, 0.717) is 11.8 Å². The molecule has 4 nitrogen and oxygen atoms in total. The molecule has 0 radical (unpaired) electrons. The van der Waals surface area contributed by atoms with Crippen LogP contribution in [0.3, 0.4) is 0 Å². The number of hydrogen-bond donors (Lipinski definition) is 0. The number of hydrogen-bond acceptors (Lipinski definition) is 3. The van der Waals surface area contributed by atoms with E-state index in [-0.39, 0.29) is 5.91 Å². The molecule has 1 aromatic heterocycles. The predicted octanol–water partition coefficient (Wildman–Crippen LogP) is 5.36. The van der Waals surface area contributed by atoms with E-state index >= 15 is 0 Å². The standard InChI is InChI=1S/C26H29N3O/c1-19(2)18-20-8-10-23(11-9-20)26(30)29-16-13-21(14-17-29)24-12-15-27-25(28-24)22-6-4-3-5-7-22/h3-12,15,19,21H,13-14,16-18H2,1-2H3. The van der Waals surface area contributed by atoms with Gasteiger partial charge in [0, 0.05) is 42.0 Å². The molecule has 0 N–H and O–H groups in total. The van der Waals surface area contributed by atoms with Crippen LogP contribution in [0.4, 0.5) is 0 Å². The molecule has 2 heterocycles. The van der Waals surface area contributed by atoms with Gasteiger partial charge in [-0.05, 0) is 48.9 Å². The molecular formula is C26H29N3O. The molecule has 1 aliphatic heterocycles. The maximum Gasteiger partial charge on any atom is 0.253 e. The Morgan fingerprint density at radius 3 is 2.37 bits per heavy atom. The summed E-state index contributed by atoms with van der Waals surface area (Å²) in [5, 5.41) is 0. The minimum atomic E-state index is 0.136. The van der Waals surface area contributed by atoms with Crippen molar-refractivity contribution in [3.63, 3.8) is 0 Å². The van der Waals surface area contributed by atoms with Crippen LogP contribution in [0.15, 0.2) is 66.9 Å². The Morgan fingerprint density at radius 1 is 1.00 bits per heavy atom. The van der Waals surface area contributed by atoms with E-state index < -0.39 is 0 Å². The van der Waals surface area contributed by atoms with Gasteiger partial charge in [0.1, 0.15) is 0 Å². The molecule has 0 aliphatic carbocycles. The first-order chi connectivity index (χ1) is 14.6. The lowest BCUT2D eigenvalue weighted by atomic mass is 9.92. The summed E-state index contributed by atoms with van der Waals surface area (Å²) in [5.74, 6) is 1.90. The third-order valence-electron chi connectivity index (χ3n) is 5.75. The fourth-order valence-electron chi connectivity index (χ4n) is 4.14. The Balaban J connectivity index is 1.39. The molecule has 0 bridgehead atoms. The minimum Gasteiger partial charge on any atom is -0.339 e. The number of carbonyl (C=O) groups is 1. The smallest absolute Gasteiger partial charge is 0.253 e. The summed E-state index contributed by atoms with van der Waals surface area (Å²) in [6.07, 6.45) is 4.76. The fraction of sp³-hybridized carbons (Fsp3) is 0.346. The molecule has 0 unspecified atom stereocenters. The monoisotopic (exact) mass is 399 g/mol. The van der Waals surface area contributed by atoms with Crippen LogP contribution in [0.5, 0.6) is 0 Å². The van der Waals surface area contributed by atoms with Crippen LogP contribution in [-0.2, 0) is 6.42 Å². The molecule has 0 saturated carbocycles. The van der Waals surface area contributed by atoms with Gasteiger partial charge in [0.2, 0.25) is 0 Å². The lowest BCUT2D eigenvalue weighted by molar-refractivity contribution is 0.0712. The second kappa shape index (κ2) is 9.21. The fourth-order valence-corrected chi connectivity index (χ4v) is 4.14. The van der Waals surface area contributed by atoms with E-state index in [1.54, 1.807) is 0 Å². The largest absolute Gasteiger partial charge is 0.339 e. The summed E-state index contributed by atoms with van der Waals surface area (Å²) < 4.78 is 0. The van der Waals surface area contributed by atoms with Crippen LogP contribution in [0, 0.1) is 5.92 Å². The van der Waals surface area contributed by atoms with Gasteiger partial charge in [0.25, 0.3) is 5.91 Å². The first-order valence-corrected chi connectivity index (χ1v) is 10.9. The Kier molecular flexibility index (Phi) is 6.22. The molecule has 0 spiro atoms. The van der Waals surface area contributed by atoms with Crippen molar-refractivity contribution in [2.45, 2.75) is 39.0 Å². The molecule has 154 valence electrons. The van der Waals surface area contributed by atoms with Gasteiger partial charge in [-0.3, -0.25) is 4.79 Å². The van der Waals surface area contributed by atoms with Crippen molar-refractivity contribution in [3.05, 3.63) is 83.7 Å². The van der Waals surface area contributed by atoms with Crippen LogP contribution in [0.25, 0.3) is 11.4 Å². The number of rotatable bonds is 5. The third-order valence-corrected chi connectivity index (χ3v) is 5.75. The maximum absolute atomic E-state index is 12.9. The molecule has 1 fully saturated rings. The van der Waals surface area contributed by atoms with Gasteiger partial charge in [0.15, 0.2) is 5.82 Å². The first-order valence-electron chi connectivity index (χ1n) is 10.9. The molecule has 30 heavy (non-hydrogen) atoms. The van der Waals surface area contributed by atoms with Gasteiger partial charge < -0.3 is 4.90 Å². The number of carbonyl (C=O) groups excluding carboxylic acids is 1. The normalized spacial score (nSPS) is 14.8. The zero-order valence-electron chi connectivity index (χ0n) is 17.8. The average Bonchev–Trinajstić information content (AvgIpc) is 2.79. The maximum atomic E-state index is 12.9. The van der Waals surface area contributed by atoms with E-state index in [9.17, 15) is 4.79 Å². The van der Waals surface area contributed by atoms with E-state index in [1.807, 2.05) is 59.6 Å². The zero-order chi connectivity index (χ0) is 20.9. The summed E-state index contributed by atoms with van der Waals surface area (Å²) >= 11 is 0. The number of amides is 1. The second-order valence-corrected chi connectivity index (χ2v) is 8.53. The predicted molar refractivity (Wildman–Crippen MR) is 120 cm³/mol. The summed E-state index contributed by atoms with van der Waals surface area (Å²) in [4.78, 5) is 24.1. The lowest BCUT2D eigenvalue weighted by Crippen LogP contribution is -2.38. The van der Waals surface area contributed by atoms with Crippen LogP contribution in [0.1, 0.15) is 54.2 Å². The number of aromatic nitrogens is 2. The van der Waals surface area contributed by atoms with Crippen molar-refractivity contribution in [1.29, 1.82) is 0 Å². The Hall–Kier alpha value is -3.01. The number of piperidine rings is 1. The van der Waals surface area contributed by atoms with E-state index in [4.69, 9.17) is 4.98 Å². The first kappa shape index (κ1) is 20.3. The lowest BCUT2D eigenvalue weighted by Gasteiger charge is -2.32. The van der Waals surface area contributed by atoms with Crippen molar-refractivity contribution < 1.29 is 4.79 Å². The molecule has 1 amide bonds. The van der Waals surface area contributed by atoms with Gasteiger partial charge in [-0.25, -0.2) is 9.97 Å². The van der Waals surface area contributed by atoms with E-state index in [1.165, 1.54) is 5.56 Å². The van der Waals surface area contributed by atoms with Gasteiger partial charge >= 0.3 is 0 Å². The quantitative estimate of drug-likeness (QED) is 0.580. The molecular weight excluding hydrogens is 370 g/mol. The summed E-state index contributed by atoms with van der Waals surface area (Å²) in [5.41, 5.74) is 4.19. The topological polar surface area (TPSA) is 46.1 Å². The van der Waals surface area contributed by atoms with Gasteiger partial charge in [-0.2, -0.15) is 0 Å². The third kappa shape index (κ3) is 4.76. The average molecular weight is 400 g/mol. The highest BCUT2D eigenvalue weighted by Crippen LogP contribution is 2.28. The van der Waals surface area contributed by atoms with Crippen LogP contribution in [0.2, 0.25) is 0 Å². The SMILES string of the molecule is CC(C)Cc1ccc(C(=O)N2CCC(c3ccnc(-c4ccccc4)n3)CC2)cc1. The van der Waals surface area contributed by atoms with E-state index in [0.717, 1.165) is 55.0 Å². The Bertz CT molecular complexity index is 975. The molecule has 4 heteroatoms. The highest BCUT2D eigenvalue weighted by Gasteiger charge is 2.25. The molecule has 0 atom stereocenters. The summed E-state index contributed by atoms with van der Waals surface area (Å²) in [6.45, 7) is 5.96. The second-order valence-electron chi connectivity index (χ2n) is 8.53. The minimum absolute atomic E-state index is 0.136. The Morgan fingerprint density at radius 2 is 1.70 bits per heavy atom. The molecule has 3 aromatic rings. The van der Waals surface area contributed by atoms with Crippen molar-refractivity contribution in [3.8, 4) is 11.4 Å². The van der Waals surface area contributed by atoms with Crippen LogP contribution in [-0.4, -0.2) is 33.9 Å². The number of benzene rings is 2. The molecule has 1 saturated heterocycles. The molecule has 1 aliphatic rings. The Labute approximate surface area is 179 Å². The van der Waals surface area contributed by atoms with Gasteiger partial charge in [-0.1, -0.05) is 56.3 Å². The van der Waals surface area contributed by atoms with Crippen molar-refractivity contribution >= 4 is 5.91 Å². The van der Waals surface area contributed by atoms with Crippen LogP contribution >= 0.6 is 0 Å². The molecule has 2 aromatic carbocycles. The van der Waals surface area contributed by atoms with Crippen molar-refractivity contribution in [2.75, 3.05) is 13.1 Å². The highest BCUT2D eigenvalue weighted by molar-refractivity contribution is 5.94. The molecule has 4 rings (SSSR count). The van der Waals surface area contributed by atoms with E-state index in [2.05, 4.69) is 31.0 Å². The van der Waals surface area contributed by atoms with Gasteiger partial charge in [-0.15, -0.1) is 0 Å². The van der Waals surface area contributed by atoms with Crippen molar-refractivity contribution in [1.82, 2.24) is 14.9 Å². The number of nitrogens with zero attached hydrogens (tertiary/aromatic N) is 3. The highest BCUT2D eigenvalue weighted by atomic mass is 16.2. The van der Waals surface area contributed by atoms with Crippen LogP contribution < -0.4 is 0 Å².